The highest BCUT2D eigenvalue weighted by Crippen LogP contribution is 2.21. The molecular formula is C15H22ClNO. The molecule has 1 atom stereocenters. The molecule has 0 aromatic heterocycles. The van der Waals surface area contributed by atoms with E-state index < -0.39 is 0 Å². The van der Waals surface area contributed by atoms with Gasteiger partial charge in [-0.2, -0.15) is 0 Å². The van der Waals surface area contributed by atoms with Gasteiger partial charge in [0.15, 0.2) is 0 Å². The summed E-state index contributed by atoms with van der Waals surface area (Å²) in [6, 6.07) is 8.57. The third kappa shape index (κ3) is 3.98. The number of benzene rings is 1. The summed E-state index contributed by atoms with van der Waals surface area (Å²) in [6.07, 6.45) is 3.45. The highest BCUT2D eigenvalue weighted by molar-refractivity contribution is 6.30. The first kappa shape index (κ1) is 13.9. The van der Waals surface area contributed by atoms with Crippen LogP contribution in [0.5, 0.6) is 0 Å². The van der Waals surface area contributed by atoms with E-state index in [9.17, 15) is 0 Å². The van der Waals surface area contributed by atoms with Crippen LogP contribution in [0.25, 0.3) is 0 Å². The topological polar surface area (TPSA) is 21.3 Å². The van der Waals surface area contributed by atoms with Crippen molar-refractivity contribution in [3.8, 4) is 0 Å². The van der Waals surface area contributed by atoms with E-state index in [1.165, 1.54) is 18.4 Å². The van der Waals surface area contributed by atoms with Gasteiger partial charge < -0.3 is 10.1 Å². The van der Waals surface area contributed by atoms with Crippen molar-refractivity contribution in [3.63, 3.8) is 0 Å². The van der Waals surface area contributed by atoms with Crippen molar-refractivity contribution in [2.24, 2.45) is 5.92 Å². The molecule has 1 fully saturated rings. The molecule has 1 aliphatic heterocycles. The third-order valence-electron chi connectivity index (χ3n) is 3.65. The molecule has 0 saturated carbocycles. The average Bonchev–Trinajstić information content (AvgIpc) is 2.41. The molecule has 0 radical (unpaired) electrons. The molecule has 0 bridgehead atoms. The van der Waals surface area contributed by atoms with Gasteiger partial charge in [-0.05, 0) is 49.4 Å². The maximum absolute atomic E-state index is 6.05. The van der Waals surface area contributed by atoms with Crippen LogP contribution >= 0.6 is 11.6 Å². The zero-order valence-corrected chi connectivity index (χ0v) is 11.7. The van der Waals surface area contributed by atoms with E-state index in [-0.39, 0.29) is 0 Å². The Morgan fingerprint density at radius 2 is 2.17 bits per heavy atom. The van der Waals surface area contributed by atoms with Crippen molar-refractivity contribution in [1.82, 2.24) is 5.32 Å². The van der Waals surface area contributed by atoms with E-state index in [1.54, 1.807) is 0 Å². The smallest absolute Gasteiger partial charge is 0.0469 e. The lowest BCUT2D eigenvalue weighted by Crippen LogP contribution is -2.30. The van der Waals surface area contributed by atoms with Crippen LogP contribution < -0.4 is 5.32 Å². The van der Waals surface area contributed by atoms with Gasteiger partial charge in [-0.3, -0.25) is 0 Å². The Kier molecular flexibility index (Phi) is 5.48. The van der Waals surface area contributed by atoms with Crippen LogP contribution in [0.1, 0.15) is 37.8 Å². The molecular weight excluding hydrogens is 246 g/mol. The zero-order chi connectivity index (χ0) is 12.8. The maximum Gasteiger partial charge on any atom is 0.0469 e. The summed E-state index contributed by atoms with van der Waals surface area (Å²) in [4.78, 5) is 0. The van der Waals surface area contributed by atoms with Gasteiger partial charge in [0.2, 0.25) is 0 Å². The Hall–Kier alpha value is -0.570. The number of hydrogen-bond acceptors (Lipinski definition) is 2. The molecule has 1 unspecified atom stereocenters. The second-order valence-corrected chi connectivity index (χ2v) is 5.42. The Labute approximate surface area is 115 Å². The molecule has 1 saturated heterocycles. The average molecular weight is 268 g/mol. The van der Waals surface area contributed by atoms with Crippen LogP contribution in [-0.2, 0) is 4.74 Å². The predicted molar refractivity (Wildman–Crippen MR) is 76.0 cm³/mol. The first-order valence-electron chi connectivity index (χ1n) is 6.86. The van der Waals surface area contributed by atoms with Gasteiger partial charge >= 0.3 is 0 Å². The zero-order valence-electron chi connectivity index (χ0n) is 11.0. The van der Waals surface area contributed by atoms with Crippen LogP contribution in [0.15, 0.2) is 24.3 Å². The minimum atomic E-state index is 0.409. The summed E-state index contributed by atoms with van der Waals surface area (Å²) < 4.78 is 5.39. The molecule has 18 heavy (non-hydrogen) atoms. The number of halogens is 1. The highest BCUT2D eigenvalue weighted by atomic mass is 35.5. The number of hydrogen-bond donors (Lipinski definition) is 1. The Morgan fingerprint density at radius 1 is 1.39 bits per heavy atom. The highest BCUT2D eigenvalue weighted by Gasteiger charge is 2.16. The minimum absolute atomic E-state index is 0.409. The van der Waals surface area contributed by atoms with Gasteiger partial charge in [0.05, 0.1) is 0 Å². The quantitative estimate of drug-likeness (QED) is 0.876. The first-order chi connectivity index (χ1) is 8.79. The van der Waals surface area contributed by atoms with Crippen LogP contribution in [0.3, 0.4) is 0 Å². The number of ether oxygens (including phenoxy) is 1. The summed E-state index contributed by atoms with van der Waals surface area (Å²) in [5.41, 5.74) is 1.29. The standard InChI is InChI=1S/C15H22ClNO/c1-2-15(13-4-3-5-14(16)10-13)17-11-12-6-8-18-9-7-12/h3-5,10,12,15,17H,2,6-9,11H2,1H3. The van der Waals surface area contributed by atoms with Crippen LogP contribution in [-0.4, -0.2) is 19.8 Å². The largest absolute Gasteiger partial charge is 0.381 e. The molecule has 0 amide bonds. The molecule has 1 heterocycles. The summed E-state index contributed by atoms with van der Waals surface area (Å²) in [5, 5.41) is 4.49. The monoisotopic (exact) mass is 267 g/mol. The maximum atomic E-state index is 6.05. The van der Waals surface area contributed by atoms with Gasteiger partial charge in [-0.25, -0.2) is 0 Å². The van der Waals surface area contributed by atoms with Crippen LogP contribution in [0.4, 0.5) is 0 Å². The van der Waals surface area contributed by atoms with E-state index in [4.69, 9.17) is 16.3 Å². The minimum Gasteiger partial charge on any atom is -0.381 e. The second kappa shape index (κ2) is 7.13. The predicted octanol–water partition coefficient (Wildman–Crippen LogP) is 3.81. The lowest BCUT2D eigenvalue weighted by atomic mass is 9.98. The van der Waals surface area contributed by atoms with Crippen molar-refractivity contribution < 1.29 is 4.74 Å². The fourth-order valence-electron chi connectivity index (χ4n) is 2.48. The molecule has 1 aromatic carbocycles. The van der Waals surface area contributed by atoms with Gasteiger partial charge in [0.25, 0.3) is 0 Å². The third-order valence-corrected chi connectivity index (χ3v) is 3.89. The fourth-order valence-corrected chi connectivity index (χ4v) is 2.68. The lowest BCUT2D eigenvalue weighted by molar-refractivity contribution is 0.0654. The molecule has 2 nitrogen and oxygen atoms in total. The van der Waals surface area contributed by atoms with Crippen LogP contribution in [0.2, 0.25) is 5.02 Å². The van der Waals surface area contributed by atoms with Crippen LogP contribution in [0, 0.1) is 5.92 Å². The Bertz CT molecular complexity index is 363. The normalized spacial score (nSPS) is 18.8. The van der Waals surface area contributed by atoms with Gasteiger partial charge in [-0.15, -0.1) is 0 Å². The van der Waals surface area contributed by atoms with E-state index in [1.807, 2.05) is 12.1 Å². The second-order valence-electron chi connectivity index (χ2n) is 4.98. The number of nitrogens with one attached hydrogen (secondary N) is 1. The summed E-state index contributed by atoms with van der Waals surface area (Å²) in [6.45, 7) is 5.12. The van der Waals surface area contributed by atoms with Gasteiger partial charge in [0.1, 0.15) is 0 Å². The van der Waals surface area contributed by atoms with E-state index >= 15 is 0 Å². The molecule has 0 spiro atoms. The van der Waals surface area contributed by atoms with Crippen molar-refractivity contribution in [3.05, 3.63) is 34.9 Å². The fraction of sp³-hybridized carbons (Fsp3) is 0.600. The molecule has 3 heteroatoms. The van der Waals surface area contributed by atoms with E-state index in [0.29, 0.717) is 6.04 Å². The molecule has 1 N–H and O–H groups in total. The van der Waals surface area contributed by atoms with E-state index in [2.05, 4.69) is 24.4 Å². The van der Waals surface area contributed by atoms with Crippen molar-refractivity contribution in [1.29, 1.82) is 0 Å². The van der Waals surface area contributed by atoms with Crippen molar-refractivity contribution in [2.45, 2.75) is 32.2 Å². The van der Waals surface area contributed by atoms with Gasteiger partial charge in [0, 0.05) is 24.3 Å². The number of rotatable bonds is 5. The molecule has 0 aliphatic carbocycles. The van der Waals surface area contributed by atoms with Crippen molar-refractivity contribution >= 4 is 11.6 Å². The summed E-state index contributed by atoms with van der Waals surface area (Å²) >= 11 is 6.05. The summed E-state index contributed by atoms with van der Waals surface area (Å²) in [7, 11) is 0. The molecule has 2 rings (SSSR count). The SMILES string of the molecule is CCC(NCC1CCOCC1)c1cccc(Cl)c1. The molecule has 100 valence electrons. The van der Waals surface area contributed by atoms with E-state index in [0.717, 1.165) is 37.1 Å². The first-order valence-corrected chi connectivity index (χ1v) is 7.24. The summed E-state index contributed by atoms with van der Waals surface area (Å²) in [5.74, 6) is 0.756. The lowest BCUT2D eigenvalue weighted by Gasteiger charge is -2.25. The Balaban J connectivity index is 1.88. The molecule has 1 aromatic rings. The molecule has 1 aliphatic rings. The Morgan fingerprint density at radius 3 is 2.83 bits per heavy atom. The van der Waals surface area contributed by atoms with Crippen molar-refractivity contribution in [2.75, 3.05) is 19.8 Å². The van der Waals surface area contributed by atoms with Gasteiger partial charge in [-0.1, -0.05) is 30.7 Å².